The lowest BCUT2D eigenvalue weighted by Crippen LogP contribution is -2.31. The standard InChI is InChI=1S/C24H36O5.C9H15NO3.CH4O/c1-6-13-29-24(4,5)18-25-14-15-27-22-11-7-10-21-20(22)9-8-12-23(21)28-17-16-26-19(2)3;1-3-13-8-6-10(2)9(12)5-4-7-11;1-2/h7-12,19H,6,13-18H2,1-5H3;4-5,7H,3,6,8H2,1-2H3;2H,1H3/b;5-4-;. The number of hydrogen-bond donors (Lipinski definition) is 1. The summed E-state index contributed by atoms with van der Waals surface area (Å²) in [6.45, 7) is 17.2. The van der Waals surface area contributed by atoms with Crippen molar-refractivity contribution in [1.29, 1.82) is 0 Å². The first kappa shape index (κ1) is 41.0. The largest absolute Gasteiger partial charge is 0.491 e. The first-order valence-electron chi connectivity index (χ1n) is 15.1. The topological polar surface area (TPSA) is 113 Å². The van der Waals surface area contributed by atoms with Crippen LogP contribution in [0.5, 0.6) is 11.5 Å². The van der Waals surface area contributed by atoms with E-state index >= 15 is 0 Å². The number of amides is 1. The molecule has 0 saturated heterocycles. The number of nitrogens with zero attached hydrogens (tertiary/aromatic N) is 1. The number of rotatable bonds is 20. The average molecular weight is 622 g/mol. The van der Waals surface area contributed by atoms with E-state index in [2.05, 4.69) is 6.92 Å². The highest BCUT2D eigenvalue weighted by molar-refractivity contribution is 5.93. The molecule has 0 heterocycles. The predicted molar refractivity (Wildman–Crippen MR) is 175 cm³/mol. The molecule has 10 nitrogen and oxygen atoms in total. The van der Waals surface area contributed by atoms with Crippen LogP contribution in [-0.2, 0) is 28.5 Å². The van der Waals surface area contributed by atoms with Gasteiger partial charge in [-0.15, -0.1) is 0 Å². The van der Waals surface area contributed by atoms with Crippen molar-refractivity contribution in [2.45, 2.75) is 59.7 Å². The lowest BCUT2D eigenvalue weighted by Gasteiger charge is -2.25. The van der Waals surface area contributed by atoms with Crippen LogP contribution < -0.4 is 9.47 Å². The van der Waals surface area contributed by atoms with Gasteiger partial charge in [-0.25, -0.2) is 0 Å². The van der Waals surface area contributed by atoms with Crippen molar-refractivity contribution >= 4 is 23.0 Å². The van der Waals surface area contributed by atoms with Crippen LogP contribution in [-0.4, -0.2) is 107 Å². The molecule has 0 radical (unpaired) electrons. The normalized spacial score (nSPS) is 11.0. The van der Waals surface area contributed by atoms with Gasteiger partial charge < -0.3 is 38.4 Å². The summed E-state index contributed by atoms with van der Waals surface area (Å²) in [5.41, 5.74) is -0.277. The fraction of sp³-hybridized carbons (Fsp3) is 0.588. The number of hydrogen-bond acceptors (Lipinski definition) is 9. The van der Waals surface area contributed by atoms with Crippen molar-refractivity contribution in [1.82, 2.24) is 4.90 Å². The first-order chi connectivity index (χ1) is 21.1. The molecule has 2 aromatic carbocycles. The highest BCUT2D eigenvalue weighted by atomic mass is 16.6. The minimum absolute atomic E-state index is 0.188. The third-order valence-corrected chi connectivity index (χ3v) is 5.73. The third-order valence-electron chi connectivity index (χ3n) is 5.73. The van der Waals surface area contributed by atoms with Gasteiger partial charge in [0.1, 0.15) is 31.0 Å². The number of fused-ring (bicyclic) bond motifs is 1. The van der Waals surface area contributed by atoms with Crippen molar-refractivity contribution in [2.75, 3.05) is 73.6 Å². The Morgan fingerprint density at radius 1 is 0.886 bits per heavy atom. The zero-order valence-electron chi connectivity index (χ0n) is 28.0. The SMILES string of the molecule is CCCOC(C)(C)COCCOc1cccc2c(OCCOC(C)C)cccc12.CCOCCN(C)C(=O)/C=C\C=O.CO. The molecule has 44 heavy (non-hydrogen) atoms. The number of allylic oxidation sites excluding steroid dienone is 1. The van der Waals surface area contributed by atoms with E-state index in [0.717, 1.165) is 42.4 Å². The maximum atomic E-state index is 11.1. The fourth-order valence-corrected chi connectivity index (χ4v) is 3.59. The minimum Gasteiger partial charge on any atom is -0.491 e. The Kier molecular flexibility index (Phi) is 23.6. The van der Waals surface area contributed by atoms with Gasteiger partial charge in [-0.2, -0.15) is 0 Å². The number of aldehydes is 1. The molecule has 0 aliphatic rings. The van der Waals surface area contributed by atoms with Crippen LogP contribution in [0.1, 0.15) is 48.0 Å². The summed E-state index contributed by atoms with van der Waals surface area (Å²) < 4.78 is 34.0. The smallest absolute Gasteiger partial charge is 0.246 e. The van der Waals surface area contributed by atoms with Crippen molar-refractivity contribution in [2.24, 2.45) is 0 Å². The fourth-order valence-electron chi connectivity index (χ4n) is 3.59. The molecule has 0 aliphatic carbocycles. The van der Waals surface area contributed by atoms with Crippen LogP contribution in [0.2, 0.25) is 0 Å². The molecule has 0 aromatic heterocycles. The van der Waals surface area contributed by atoms with Crippen molar-refractivity contribution < 1.29 is 43.1 Å². The van der Waals surface area contributed by atoms with Gasteiger partial charge in [0.15, 0.2) is 0 Å². The molecule has 250 valence electrons. The number of aliphatic hydroxyl groups excluding tert-OH is 1. The first-order valence-corrected chi connectivity index (χ1v) is 15.1. The molecule has 1 amide bonds. The molecular formula is C34H55NO9. The molecule has 0 aliphatic heterocycles. The lowest BCUT2D eigenvalue weighted by atomic mass is 10.1. The van der Waals surface area contributed by atoms with Crippen LogP contribution in [0.4, 0.5) is 0 Å². The van der Waals surface area contributed by atoms with E-state index in [-0.39, 0.29) is 17.6 Å². The van der Waals surface area contributed by atoms with Gasteiger partial charge in [-0.3, -0.25) is 9.59 Å². The number of carbonyl (C=O) groups is 2. The van der Waals surface area contributed by atoms with E-state index in [1.165, 1.54) is 17.1 Å². The van der Waals surface area contributed by atoms with Crippen molar-refractivity contribution in [3.8, 4) is 11.5 Å². The Hall–Kier alpha value is -3.02. The summed E-state index contributed by atoms with van der Waals surface area (Å²) in [5.74, 6) is 1.48. The summed E-state index contributed by atoms with van der Waals surface area (Å²) in [5, 5.41) is 9.06. The molecular weight excluding hydrogens is 566 g/mol. The Bertz CT molecular complexity index is 1060. The van der Waals surface area contributed by atoms with Crippen LogP contribution in [0.3, 0.4) is 0 Å². The van der Waals surface area contributed by atoms with E-state index in [0.29, 0.717) is 59.1 Å². The summed E-state index contributed by atoms with van der Waals surface area (Å²) >= 11 is 0. The van der Waals surface area contributed by atoms with Gasteiger partial charge >= 0.3 is 0 Å². The van der Waals surface area contributed by atoms with E-state index in [9.17, 15) is 9.59 Å². The highest BCUT2D eigenvalue weighted by Gasteiger charge is 2.18. The second-order valence-electron chi connectivity index (χ2n) is 10.3. The average Bonchev–Trinajstić information content (AvgIpc) is 3.02. The number of ether oxygens (including phenoxy) is 6. The van der Waals surface area contributed by atoms with Crippen molar-refractivity contribution in [3.63, 3.8) is 0 Å². The van der Waals surface area contributed by atoms with Gasteiger partial charge in [0, 0.05) is 50.8 Å². The molecule has 0 bridgehead atoms. The maximum absolute atomic E-state index is 11.1. The second-order valence-corrected chi connectivity index (χ2v) is 10.3. The third kappa shape index (κ3) is 18.6. The summed E-state index contributed by atoms with van der Waals surface area (Å²) in [6, 6.07) is 12.0. The van der Waals surface area contributed by atoms with Gasteiger partial charge in [0.2, 0.25) is 5.91 Å². The van der Waals surface area contributed by atoms with Crippen LogP contribution in [0.15, 0.2) is 48.6 Å². The van der Waals surface area contributed by atoms with E-state index < -0.39 is 0 Å². The Balaban J connectivity index is 0.00000104. The van der Waals surface area contributed by atoms with Crippen molar-refractivity contribution in [3.05, 3.63) is 48.6 Å². The monoisotopic (exact) mass is 621 g/mol. The van der Waals surface area contributed by atoms with Crippen LogP contribution in [0, 0.1) is 0 Å². The van der Waals surface area contributed by atoms with E-state index in [1.807, 2.05) is 71.0 Å². The molecule has 2 rings (SSSR count). The summed E-state index contributed by atoms with van der Waals surface area (Å²) in [6.07, 6.45) is 4.20. The molecule has 0 fully saturated rings. The lowest BCUT2D eigenvalue weighted by molar-refractivity contribution is -0.125. The van der Waals surface area contributed by atoms with Crippen LogP contribution >= 0.6 is 0 Å². The molecule has 0 saturated carbocycles. The number of aliphatic hydroxyl groups is 1. The van der Waals surface area contributed by atoms with Gasteiger partial charge in [0.05, 0.1) is 38.1 Å². The Morgan fingerprint density at radius 3 is 2.00 bits per heavy atom. The number of likely N-dealkylation sites (N-methyl/N-ethyl adjacent to an activating group) is 1. The maximum Gasteiger partial charge on any atom is 0.246 e. The van der Waals surface area contributed by atoms with Crippen LogP contribution in [0.25, 0.3) is 10.8 Å². The van der Waals surface area contributed by atoms with Gasteiger partial charge in [-0.1, -0.05) is 31.2 Å². The second kappa shape index (κ2) is 25.3. The summed E-state index contributed by atoms with van der Waals surface area (Å²) in [4.78, 5) is 22.5. The number of carbonyl (C=O) groups excluding carboxylic acids is 2. The Morgan fingerprint density at radius 2 is 1.48 bits per heavy atom. The summed E-state index contributed by atoms with van der Waals surface area (Å²) in [7, 11) is 2.66. The molecule has 0 unspecified atom stereocenters. The zero-order chi connectivity index (χ0) is 33.2. The molecule has 2 aromatic rings. The molecule has 1 N–H and O–H groups in total. The van der Waals surface area contributed by atoms with E-state index in [4.69, 9.17) is 33.5 Å². The van der Waals surface area contributed by atoms with E-state index in [1.54, 1.807) is 7.05 Å². The molecule has 0 spiro atoms. The predicted octanol–water partition coefficient (Wildman–Crippen LogP) is 5.09. The molecule has 10 heteroatoms. The zero-order valence-corrected chi connectivity index (χ0v) is 28.0. The highest BCUT2D eigenvalue weighted by Crippen LogP contribution is 2.32. The molecule has 0 atom stereocenters. The minimum atomic E-state index is -0.277. The quantitative estimate of drug-likeness (QED) is 0.123. The van der Waals surface area contributed by atoms with Gasteiger partial charge in [-0.05, 0) is 59.2 Å². The number of benzene rings is 2. The Labute approximate surface area is 264 Å². The van der Waals surface area contributed by atoms with Gasteiger partial charge in [0.25, 0.3) is 0 Å².